The summed E-state index contributed by atoms with van der Waals surface area (Å²) in [6, 6.07) is 9.32. The van der Waals surface area contributed by atoms with Crippen LogP contribution in [0.5, 0.6) is 0 Å². The van der Waals surface area contributed by atoms with Crippen LogP contribution in [0, 0.1) is 0 Å². The number of likely N-dealkylation sites (N-methyl/N-ethyl adjacent to an activating group) is 1. The van der Waals surface area contributed by atoms with E-state index in [1.165, 1.54) is 24.0 Å². The maximum Gasteiger partial charge on any atom is 0.109 e. The van der Waals surface area contributed by atoms with E-state index in [-0.39, 0.29) is 0 Å². The summed E-state index contributed by atoms with van der Waals surface area (Å²) >= 11 is 0. The van der Waals surface area contributed by atoms with Gasteiger partial charge in [0.05, 0.1) is 0 Å². The summed E-state index contributed by atoms with van der Waals surface area (Å²) in [6.07, 6.45) is 7.34. The molecular formula is C16H21N3. The summed E-state index contributed by atoms with van der Waals surface area (Å²) in [5.74, 6) is 1.77. The van der Waals surface area contributed by atoms with Crippen LogP contribution in [0.4, 0.5) is 0 Å². The molecule has 0 amide bonds. The van der Waals surface area contributed by atoms with E-state index in [2.05, 4.69) is 53.2 Å². The summed E-state index contributed by atoms with van der Waals surface area (Å²) in [5, 5.41) is 3.50. The van der Waals surface area contributed by atoms with Crippen LogP contribution in [-0.4, -0.2) is 22.6 Å². The van der Waals surface area contributed by atoms with Gasteiger partial charge in [-0.2, -0.15) is 0 Å². The van der Waals surface area contributed by atoms with Crippen LogP contribution in [0.1, 0.15) is 29.3 Å². The Morgan fingerprint density at radius 1 is 1.42 bits per heavy atom. The van der Waals surface area contributed by atoms with Crippen molar-refractivity contribution in [1.29, 1.82) is 0 Å². The second kappa shape index (κ2) is 5.17. The predicted octanol–water partition coefficient (Wildman–Crippen LogP) is 2.28. The third kappa shape index (κ3) is 2.30. The molecule has 0 aliphatic heterocycles. The van der Waals surface area contributed by atoms with Crippen LogP contribution in [-0.2, 0) is 19.9 Å². The Labute approximate surface area is 114 Å². The van der Waals surface area contributed by atoms with Crippen molar-refractivity contribution in [1.82, 2.24) is 14.9 Å². The first kappa shape index (κ1) is 12.4. The van der Waals surface area contributed by atoms with E-state index in [0.29, 0.717) is 12.0 Å². The molecule has 0 saturated carbocycles. The smallest absolute Gasteiger partial charge is 0.109 e. The molecule has 0 fully saturated rings. The Bertz CT molecular complexity index is 559. The van der Waals surface area contributed by atoms with Gasteiger partial charge in [-0.05, 0) is 31.0 Å². The highest BCUT2D eigenvalue weighted by atomic mass is 15.0. The fourth-order valence-corrected chi connectivity index (χ4v) is 3.24. The maximum atomic E-state index is 4.45. The minimum Gasteiger partial charge on any atom is -0.338 e. The molecule has 2 unspecified atom stereocenters. The van der Waals surface area contributed by atoms with Crippen molar-refractivity contribution in [2.45, 2.75) is 31.2 Å². The first-order chi connectivity index (χ1) is 9.29. The largest absolute Gasteiger partial charge is 0.338 e. The first-order valence-electron chi connectivity index (χ1n) is 7.01. The summed E-state index contributed by atoms with van der Waals surface area (Å²) in [7, 11) is 4.13. The Kier molecular flexibility index (Phi) is 3.38. The van der Waals surface area contributed by atoms with Gasteiger partial charge in [0.1, 0.15) is 5.82 Å². The van der Waals surface area contributed by atoms with Gasteiger partial charge in [0.25, 0.3) is 0 Å². The van der Waals surface area contributed by atoms with Crippen molar-refractivity contribution in [3.63, 3.8) is 0 Å². The highest BCUT2D eigenvalue weighted by Gasteiger charge is 2.29. The number of hydrogen-bond donors (Lipinski definition) is 1. The lowest BCUT2D eigenvalue weighted by Crippen LogP contribution is -2.34. The van der Waals surface area contributed by atoms with Crippen LogP contribution in [0.3, 0.4) is 0 Å². The zero-order valence-corrected chi connectivity index (χ0v) is 11.6. The molecule has 0 bridgehead atoms. The lowest BCUT2D eigenvalue weighted by molar-refractivity contribution is 0.444. The fraction of sp³-hybridized carbons (Fsp3) is 0.438. The van der Waals surface area contributed by atoms with Gasteiger partial charge in [-0.3, -0.25) is 0 Å². The average Bonchev–Trinajstić information content (AvgIpc) is 3.03. The Balaban J connectivity index is 1.82. The lowest BCUT2D eigenvalue weighted by atomic mass is 9.91. The van der Waals surface area contributed by atoms with Crippen LogP contribution in [0.2, 0.25) is 0 Å². The zero-order chi connectivity index (χ0) is 13.2. The average molecular weight is 255 g/mol. The minimum atomic E-state index is 0.463. The summed E-state index contributed by atoms with van der Waals surface area (Å²) in [6.45, 7) is 0. The third-order valence-electron chi connectivity index (χ3n) is 4.36. The van der Waals surface area contributed by atoms with Crippen molar-refractivity contribution in [2.75, 3.05) is 7.05 Å². The molecule has 1 N–H and O–H groups in total. The van der Waals surface area contributed by atoms with Crippen molar-refractivity contribution in [3.05, 3.63) is 53.6 Å². The molecule has 0 saturated heterocycles. The van der Waals surface area contributed by atoms with Crippen LogP contribution in [0.15, 0.2) is 36.7 Å². The number of nitrogens with zero attached hydrogens (tertiary/aromatic N) is 2. The van der Waals surface area contributed by atoms with E-state index < -0.39 is 0 Å². The second-order valence-electron chi connectivity index (χ2n) is 5.40. The topological polar surface area (TPSA) is 29.9 Å². The molecule has 0 radical (unpaired) electrons. The number of fused-ring (bicyclic) bond motifs is 1. The zero-order valence-electron chi connectivity index (χ0n) is 11.6. The SMILES string of the molecule is CNC(Cc1nccn1C)C1CCc2ccccc21. The number of aromatic nitrogens is 2. The van der Waals surface area contributed by atoms with E-state index >= 15 is 0 Å². The lowest BCUT2D eigenvalue weighted by Gasteiger charge is -2.24. The van der Waals surface area contributed by atoms with E-state index in [1.54, 1.807) is 0 Å². The van der Waals surface area contributed by atoms with Crippen molar-refractivity contribution in [2.24, 2.45) is 7.05 Å². The van der Waals surface area contributed by atoms with E-state index in [0.717, 1.165) is 12.2 Å². The standard InChI is InChI=1S/C16H21N3/c1-17-15(11-16-18-9-10-19(16)2)14-8-7-12-5-3-4-6-13(12)14/h3-6,9-10,14-15,17H,7-8,11H2,1-2H3. The second-order valence-corrected chi connectivity index (χ2v) is 5.40. The highest BCUT2D eigenvalue weighted by Crippen LogP contribution is 2.36. The van der Waals surface area contributed by atoms with Gasteiger partial charge in [0.15, 0.2) is 0 Å². The number of rotatable bonds is 4. The number of benzene rings is 1. The van der Waals surface area contributed by atoms with Crippen LogP contribution in [0.25, 0.3) is 0 Å². The molecule has 0 spiro atoms. The van der Waals surface area contributed by atoms with Gasteiger partial charge < -0.3 is 9.88 Å². The molecule has 3 rings (SSSR count). The molecule has 1 aliphatic rings. The van der Waals surface area contributed by atoms with Gasteiger partial charge in [-0.15, -0.1) is 0 Å². The minimum absolute atomic E-state index is 0.463. The Morgan fingerprint density at radius 3 is 3.00 bits per heavy atom. The third-order valence-corrected chi connectivity index (χ3v) is 4.36. The molecule has 3 nitrogen and oxygen atoms in total. The van der Waals surface area contributed by atoms with Gasteiger partial charge in [-0.1, -0.05) is 24.3 Å². The molecule has 1 aromatic heterocycles. The monoisotopic (exact) mass is 255 g/mol. The van der Waals surface area contributed by atoms with Crippen molar-refractivity contribution in [3.8, 4) is 0 Å². The normalized spacial score (nSPS) is 19.4. The van der Waals surface area contributed by atoms with Gasteiger partial charge in [0, 0.05) is 37.8 Å². The Morgan fingerprint density at radius 2 is 2.26 bits per heavy atom. The summed E-state index contributed by atoms with van der Waals surface area (Å²) in [5.41, 5.74) is 3.05. The number of hydrogen-bond acceptors (Lipinski definition) is 2. The molecule has 1 aromatic carbocycles. The van der Waals surface area contributed by atoms with Crippen LogP contribution < -0.4 is 5.32 Å². The highest BCUT2D eigenvalue weighted by molar-refractivity contribution is 5.36. The molecule has 3 heteroatoms. The first-order valence-corrected chi connectivity index (χ1v) is 7.01. The molecule has 19 heavy (non-hydrogen) atoms. The van der Waals surface area contributed by atoms with E-state index in [1.807, 2.05) is 12.4 Å². The van der Waals surface area contributed by atoms with Gasteiger partial charge in [-0.25, -0.2) is 4.98 Å². The predicted molar refractivity (Wildman–Crippen MR) is 77.3 cm³/mol. The molecular weight excluding hydrogens is 234 g/mol. The molecule has 100 valence electrons. The summed E-state index contributed by atoms with van der Waals surface area (Å²) < 4.78 is 2.12. The molecule has 2 aromatic rings. The number of imidazole rings is 1. The van der Waals surface area contributed by atoms with Crippen molar-refractivity contribution < 1.29 is 0 Å². The fourth-order valence-electron chi connectivity index (χ4n) is 3.24. The molecule has 2 atom stereocenters. The maximum absolute atomic E-state index is 4.45. The number of aryl methyl sites for hydroxylation is 2. The molecule has 1 heterocycles. The van der Waals surface area contributed by atoms with E-state index in [9.17, 15) is 0 Å². The van der Waals surface area contributed by atoms with Crippen LogP contribution >= 0.6 is 0 Å². The van der Waals surface area contributed by atoms with E-state index in [4.69, 9.17) is 0 Å². The molecule has 1 aliphatic carbocycles. The summed E-state index contributed by atoms with van der Waals surface area (Å²) in [4.78, 5) is 4.45. The van der Waals surface area contributed by atoms with Gasteiger partial charge >= 0.3 is 0 Å². The number of nitrogens with one attached hydrogen (secondary N) is 1. The van der Waals surface area contributed by atoms with Gasteiger partial charge in [0.2, 0.25) is 0 Å². The Hall–Kier alpha value is -1.61. The van der Waals surface area contributed by atoms with Crippen molar-refractivity contribution >= 4 is 0 Å². The quantitative estimate of drug-likeness (QED) is 0.908.